The van der Waals surface area contributed by atoms with E-state index in [9.17, 15) is 19.2 Å². The van der Waals surface area contributed by atoms with Gasteiger partial charge in [-0.25, -0.2) is 0 Å². The molecule has 34 heavy (non-hydrogen) atoms. The van der Waals surface area contributed by atoms with Crippen LogP contribution in [0.5, 0.6) is 0 Å². The van der Waals surface area contributed by atoms with E-state index in [1.807, 2.05) is 6.92 Å². The molecule has 3 aromatic rings. The van der Waals surface area contributed by atoms with E-state index < -0.39 is 36.5 Å². The second-order valence-corrected chi connectivity index (χ2v) is 15.2. The Bertz CT molecular complexity index is 1360. The van der Waals surface area contributed by atoms with Gasteiger partial charge in [0.05, 0.1) is 0 Å². The molecule has 7 rings (SSSR count). The first kappa shape index (κ1) is 22.9. The molecule has 2 N–H and O–H groups in total. The van der Waals surface area contributed by atoms with E-state index in [0.717, 1.165) is 30.6 Å². The van der Waals surface area contributed by atoms with Crippen LogP contribution in [0, 0.1) is 20.8 Å². The number of anilines is 1. The molecule has 4 aliphatic rings. The molecule has 0 amide bonds. The zero-order chi connectivity index (χ0) is 23.8. The van der Waals surface area contributed by atoms with Gasteiger partial charge in [-0.15, -0.1) is 0 Å². The molecule has 2 atom stereocenters. The molecule has 2 unspecified atom stereocenters. The van der Waals surface area contributed by atoms with Crippen LogP contribution < -0.4 is 9.62 Å². The second kappa shape index (κ2) is 8.01. The fraction of sp³-hybridized carbons (Fsp3) is 0.550. The van der Waals surface area contributed by atoms with Crippen molar-refractivity contribution in [1.82, 2.24) is 24.3 Å². The summed E-state index contributed by atoms with van der Waals surface area (Å²) < 4.78 is 57.3. The maximum absolute atomic E-state index is 13.3. The number of rotatable bonds is 7. The predicted octanol–water partition coefficient (Wildman–Crippen LogP) is 3.19. The number of aromatic nitrogens is 4. The van der Waals surface area contributed by atoms with Crippen molar-refractivity contribution in [2.24, 2.45) is 17.8 Å². The number of nitrogens with one attached hydrogen (secondary N) is 1. The topological polar surface area (TPSA) is 113 Å². The Labute approximate surface area is 207 Å². The van der Waals surface area contributed by atoms with Crippen molar-refractivity contribution in [2.75, 3.05) is 24.6 Å². The molecule has 2 saturated carbocycles. The van der Waals surface area contributed by atoms with Gasteiger partial charge in [0.15, 0.2) is 0 Å². The summed E-state index contributed by atoms with van der Waals surface area (Å²) >= 11 is -3.44. The van der Waals surface area contributed by atoms with Gasteiger partial charge < -0.3 is 5.11 Å². The number of aliphatic hydroxyl groups is 1. The summed E-state index contributed by atoms with van der Waals surface area (Å²) in [4.78, 5) is 6.76. The Hall–Kier alpha value is -1.49. The van der Waals surface area contributed by atoms with Crippen LogP contribution in [0.3, 0.4) is 0 Å². The number of hydrogen-bond donors (Lipinski definition) is 2. The molecule has 0 spiro atoms. The molecule has 0 aromatic carbocycles. The molecule has 9 nitrogen and oxygen atoms in total. The molecule has 3 aromatic heterocycles. The summed E-state index contributed by atoms with van der Waals surface area (Å²) in [5.41, 5.74) is 1.21. The van der Waals surface area contributed by atoms with Gasteiger partial charge in [-0.1, -0.05) is 0 Å². The first-order valence-corrected chi connectivity index (χ1v) is 16.0. The van der Waals surface area contributed by atoms with Crippen molar-refractivity contribution in [3.63, 3.8) is 0 Å². The number of aliphatic hydroxyl groups excluding tert-OH is 1. The van der Waals surface area contributed by atoms with Crippen LogP contribution in [0.25, 0.3) is 16.3 Å². The molecule has 2 aliphatic carbocycles. The first-order valence-electron chi connectivity index (χ1n) is 11.0. The van der Waals surface area contributed by atoms with E-state index in [1.165, 1.54) is 12.4 Å². The Morgan fingerprint density at radius 2 is 2.03 bits per heavy atom. The summed E-state index contributed by atoms with van der Waals surface area (Å²) in [5.74, 6) is 0.985. The van der Waals surface area contributed by atoms with Crippen molar-refractivity contribution in [3.8, 4) is 10.7 Å². The van der Waals surface area contributed by atoms with Crippen molar-refractivity contribution in [2.45, 2.75) is 36.6 Å². The fourth-order valence-corrected chi connectivity index (χ4v) is 8.62. The Balaban J connectivity index is 1.47. The van der Waals surface area contributed by atoms with Gasteiger partial charge in [0.1, 0.15) is 0 Å². The molecule has 2 bridgehead atoms. The third kappa shape index (κ3) is 3.81. The molecule has 4 fully saturated rings. The predicted molar refractivity (Wildman–Crippen MR) is 131 cm³/mol. The third-order valence-corrected chi connectivity index (χ3v) is 12.0. The quantitative estimate of drug-likeness (QED) is 0.389. The van der Waals surface area contributed by atoms with Crippen molar-refractivity contribution in [3.05, 3.63) is 21.5 Å². The van der Waals surface area contributed by atoms with Gasteiger partial charge in [-0.2, -0.15) is 0 Å². The van der Waals surface area contributed by atoms with Gasteiger partial charge in [0.25, 0.3) is 0 Å². The minimum absolute atomic E-state index is 0.0921. The molecular formula is C20H23F2IN6O3S2. The first-order chi connectivity index (χ1) is 16.2. The number of nitrogens with zero attached hydrogens (tertiary/aromatic N) is 5. The standard InChI is InChI=1S/C20H23F2IN6O3S2/c1-20(2-3-20)27-34(31,32)13-5-15(28-7-11-4-12(8-28)14(11)10-30)17-24-6-16(29(17)9-13)18-25-26-19(33-18)23(21)22/h5-6,9,11-12,14,27,30H,2-4,7-8,10H2,1H3. The summed E-state index contributed by atoms with van der Waals surface area (Å²) in [7, 11) is -3.82. The van der Waals surface area contributed by atoms with Gasteiger partial charge in [-0.05, 0) is 0 Å². The zero-order valence-corrected chi connectivity index (χ0v) is 21.9. The van der Waals surface area contributed by atoms with Gasteiger partial charge in [0.2, 0.25) is 0 Å². The average molecular weight is 624 g/mol. The summed E-state index contributed by atoms with van der Waals surface area (Å²) in [5, 5.41) is 17.5. The minimum atomic E-state index is -4.27. The van der Waals surface area contributed by atoms with Crippen molar-refractivity contribution >= 4 is 53.7 Å². The van der Waals surface area contributed by atoms with Gasteiger partial charge in [-0.3, -0.25) is 0 Å². The van der Waals surface area contributed by atoms with Gasteiger partial charge >= 0.3 is 203 Å². The molecule has 2 saturated heterocycles. The summed E-state index contributed by atoms with van der Waals surface area (Å²) in [6.45, 7) is 3.44. The van der Waals surface area contributed by atoms with E-state index in [2.05, 4.69) is 24.8 Å². The Morgan fingerprint density at radius 3 is 2.65 bits per heavy atom. The average Bonchev–Trinajstić information content (AvgIpc) is 3.18. The zero-order valence-electron chi connectivity index (χ0n) is 18.2. The maximum atomic E-state index is 13.3. The van der Waals surface area contributed by atoms with Gasteiger partial charge in [0, 0.05) is 0 Å². The van der Waals surface area contributed by atoms with E-state index in [-0.39, 0.29) is 25.4 Å². The van der Waals surface area contributed by atoms with Crippen LogP contribution in [-0.2, 0) is 10.0 Å². The molecule has 5 heterocycles. The van der Waals surface area contributed by atoms with Crippen molar-refractivity contribution < 1.29 is 19.2 Å². The number of pyridine rings is 1. The van der Waals surface area contributed by atoms with Crippen LogP contribution in [0.1, 0.15) is 26.2 Å². The molecule has 2 aliphatic heterocycles. The third-order valence-electron chi connectivity index (χ3n) is 7.27. The van der Waals surface area contributed by atoms with E-state index in [0.29, 0.717) is 42.0 Å². The fourth-order valence-electron chi connectivity index (χ4n) is 5.11. The number of halogens is 3. The van der Waals surface area contributed by atoms with Crippen LogP contribution in [0.2, 0.25) is 0 Å². The summed E-state index contributed by atoms with van der Waals surface area (Å²) in [6, 6.07) is 1.65. The van der Waals surface area contributed by atoms with E-state index >= 15 is 0 Å². The van der Waals surface area contributed by atoms with Crippen LogP contribution in [-0.4, -0.2) is 58.3 Å². The second-order valence-electron chi connectivity index (χ2n) is 9.63. The Morgan fingerprint density at radius 1 is 1.29 bits per heavy atom. The van der Waals surface area contributed by atoms with Crippen LogP contribution in [0.4, 0.5) is 11.4 Å². The van der Waals surface area contributed by atoms with Crippen molar-refractivity contribution in [1.29, 1.82) is 0 Å². The molecular weight excluding hydrogens is 601 g/mol. The van der Waals surface area contributed by atoms with E-state index in [1.54, 1.807) is 10.5 Å². The molecule has 0 radical (unpaired) electrons. The number of hydrogen-bond acceptors (Lipinski definition) is 8. The monoisotopic (exact) mass is 624 g/mol. The van der Waals surface area contributed by atoms with Crippen LogP contribution in [0.15, 0.2) is 23.4 Å². The number of piperidine rings is 2. The summed E-state index contributed by atoms with van der Waals surface area (Å²) in [6.07, 6.45) is 5.63. The number of sulfonamides is 1. The molecule has 14 heteroatoms. The van der Waals surface area contributed by atoms with Crippen LogP contribution >= 0.6 is 32.3 Å². The van der Waals surface area contributed by atoms with E-state index in [4.69, 9.17) is 0 Å². The normalized spacial score (nSPS) is 25.9. The SMILES string of the molecule is CC1(NS(=O)(=O)c2cc(N3CC4CC(C3)C4CO)c3ncc(-c4nnc(I(F)F)s4)n3c2)CC1. The Kier molecular flexibility index (Phi) is 5.41. The molecule has 184 valence electrons. The number of fused-ring (bicyclic) bond motifs is 3. The number of imidazole rings is 1.